The number of nitrogens with one attached hydrogen (secondary N) is 1. The minimum atomic E-state index is -0.557. The van der Waals surface area contributed by atoms with Gasteiger partial charge in [-0.2, -0.15) is 5.10 Å². The van der Waals surface area contributed by atoms with Gasteiger partial charge in [-0.25, -0.2) is 4.39 Å². The molecule has 0 aliphatic heterocycles. The highest BCUT2D eigenvalue weighted by Gasteiger charge is 2.17. The second kappa shape index (κ2) is 7.07. The number of rotatable bonds is 4. The van der Waals surface area contributed by atoms with Gasteiger partial charge in [-0.05, 0) is 37.6 Å². The first-order chi connectivity index (χ1) is 12.0. The van der Waals surface area contributed by atoms with Crippen molar-refractivity contribution in [3.63, 3.8) is 0 Å². The number of amides is 1. The summed E-state index contributed by atoms with van der Waals surface area (Å²) < 4.78 is 15.6. The molecule has 0 radical (unpaired) electrons. The molecule has 1 amide bonds. The predicted octanol–water partition coefficient (Wildman–Crippen LogP) is 4.59. The summed E-state index contributed by atoms with van der Waals surface area (Å²) in [6.45, 7) is 4.14. The minimum absolute atomic E-state index is 0.000142. The van der Waals surface area contributed by atoms with Crippen molar-refractivity contribution in [3.05, 3.63) is 81.9 Å². The van der Waals surface area contributed by atoms with Crippen LogP contribution in [-0.4, -0.2) is 15.7 Å². The van der Waals surface area contributed by atoms with E-state index in [1.54, 1.807) is 23.7 Å². The lowest BCUT2D eigenvalue weighted by atomic mass is 10.2. The monoisotopic (exact) mass is 357 g/mol. The third kappa shape index (κ3) is 3.56. The smallest absolute Gasteiger partial charge is 0.258 e. The number of benzene rings is 2. The van der Waals surface area contributed by atoms with Crippen LogP contribution in [0.1, 0.15) is 27.3 Å². The van der Waals surface area contributed by atoms with E-state index in [4.69, 9.17) is 11.6 Å². The SMILES string of the molecule is Cc1nn(Cc2ccccc2Cl)c(C)c1NC(=O)c1ccccc1F. The lowest BCUT2D eigenvalue weighted by Crippen LogP contribution is -2.15. The van der Waals surface area contributed by atoms with Crippen molar-refractivity contribution in [3.8, 4) is 0 Å². The summed E-state index contributed by atoms with van der Waals surface area (Å²) in [5.74, 6) is -1.06. The van der Waals surface area contributed by atoms with Gasteiger partial charge in [-0.15, -0.1) is 0 Å². The van der Waals surface area contributed by atoms with E-state index in [2.05, 4.69) is 10.4 Å². The average molecular weight is 358 g/mol. The van der Waals surface area contributed by atoms with Crippen molar-refractivity contribution in [1.82, 2.24) is 9.78 Å². The highest BCUT2D eigenvalue weighted by atomic mass is 35.5. The fourth-order valence-corrected chi connectivity index (χ4v) is 2.84. The first-order valence-electron chi connectivity index (χ1n) is 7.80. The molecule has 0 saturated heterocycles. The lowest BCUT2D eigenvalue weighted by Gasteiger charge is -2.08. The van der Waals surface area contributed by atoms with Crippen LogP contribution in [0.15, 0.2) is 48.5 Å². The average Bonchev–Trinajstić information content (AvgIpc) is 2.85. The zero-order chi connectivity index (χ0) is 18.0. The van der Waals surface area contributed by atoms with Crippen LogP contribution in [-0.2, 0) is 6.54 Å². The number of nitrogens with zero attached hydrogens (tertiary/aromatic N) is 2. The van der Waals surface area contributed by atoms with Crippen LogP contribution >= 0.6 is 11.6 Å². The first-order valence-corrected chi connectivity index (χ1v) is 8.18. The standard InChI is InChI=1S/C19H17ClFN3O/c1-12-18(22-19(25)15-8-4-6-10-17(15)21)13(2)24(23-12)11-14-7-3-5-9-16(14)20/h3-10H,11H2,1-2H3,(H,22,25). The summed E-state index contributed by atoms with van der Waals surface area (Å²) in [6.07, 6.45) is 0. The summed E-state index contributed by atoms with van der Waals surface area (Å²) in [5, 5.41) is 7.89. The number of halogens is 2. The van der Waals surface area contributed by atoms with E-state index in [1.165, 1.54) is 12.1 Å². The molecule has 1 aromatic heterocycles. The Hall–Kier alpha value is -2.66. The number of aryl methyl sites for hydroxylation is 1. The minimum Gasteiger partial charge on any atom is -0.319 e. The fourth-order valence-electron chi connectivity index (χ4n) is 2.65. The van der Waals surface area contributed by atoms with Crippen LogP contribution in [0.5, 0.6) is 0 Å². The molecule has 0 unspecified atom stereocenters. The topological polar surface area (TPSA) is 46.9 Å². The maximum absolute atomic E-state index is 13.8. The molecule has 0 bridgehead atoms. The van der Waals surface area contributed by atoms with E-state index < -0.39 is 11.7 Å². The molecular weight excluding hydrogens is 341 g/mol. The molecule has 1 N–H and O–H groups in total. The molecule has 0 aliphatic rings. The molecule has 0 spiro atoms. The van der Waals surface area contributed by atoms with Gasteiger partial charge in [0.05, 0.1) is 29.2 Å². The van der Waals surface area contributed by atoms with E-state index >= 15 is 0 Å². The molecular formula is C19H17ClFN3O. The van der Waals surface area contributed by atoms with Crippen molar-refractivity contribution in [2.45, 2.75) is 20.4 Å². The summed E-state index contributed by atoms with van der Waals surface area (Å²) >= 11 is 6.20. The normalized spacial score (nSPS) is 10.7. The van der Waals surface area contributed by atoms with Gasteiger partial charge in [0.25, 0.3) is 5.91 Å². The van der Waals surface area contributed by atoms with Crippen molar-refractivity contribution in [2.24, 2.45) is 0 Å². The zero-order valence-electron chi connectivity index (χ0n) is 13.9. The number of hydrogen-bond acceptors (Lipinski definition) is 2. The molecule has 6 heteroatoms. The lowest BCUT2D eigenvalue weighted by molar-refractivity contribution is 0.102. The van der Waals surface area contributed by atoms with E-state index in [1.807, 2.05) is 31.2 Å². The van der Waals surface area contributed by atoms with Gasteiger partial charge in [-0.1, -0.05) is 41.9 Å². The van der Waals surface area contributed by atoms with E-state index in [9.17, 15) is 9.18 Å². The van der Waals surface area contributed by atoms with Gasteiger partial charge in [0.15, 0.2) is 0 Å². The summed E-state index contributed by atoms with van der Waals surface area (Å²) in [7, 11) is 0. The number of carbonyl (C=O) groups is 1. The number of aromatic nitrogens is 2. The molecule has 4 nitrogen and oxygen atoms in total. The van der Waals surface area contributed by atoms with Gasteiger partial charge >= 0.3 is 0 Å². The van der Waals surface area contributed by atoms with Gasteiger partial charge in [0.1, 0.15) is 5.82 Å². The summed E-state index contributed by atoms with van der Waals surface area (Å²) in [6, 6.07) is 13.4. The summed E-state index contributed by atoms with van der Waals surface area (Å²) in [5.41, 5.74) is 2.96. The van der Waals surface area contributed by atoms with Crippen LogP contribution in [0, 0.1) is 19.7 Å². The quantitative estimate of drug-likeness (QED) is 0.742. The Morgan fingerprint density at radius 1 is 1.16 bits per heavy atom. The van der Waals surface area contributed by atoms with E-state index in [-0.39, 0.29) is 5.56 Å². The molecule has 3 rings (SSSR count). The molecule has 0 aliphatic carbocycles. The van der Waals surface area contributed by atoms with Crippen molar-refractivity contribution in [2.75, 3.05) is 5.32 Å². The Morgan fingerprint density at radius 2 is 1.84 bits per heavy atom. The van der Waals surface area contributed by atoms with Crippen LogP contribution < -0.4 is 5.32 Å². The molecule has 2 aromatic carbocycles. The molecule has 0 saturated carbocycles. The van der Waals surface area contributed by atoms with Crippen molar-refractivity contribution in [1.29, 1.82) is 0 Å². The maximum atomic E-state index is 13.8. The number of hydrogen-bond donors (Lipinski definition) is 1. The second-order valence-corrected chi connectivity index (χ2v) is 6.14. The van der Waals surface area contributed by atoms with Gasteiger partial charge in [-0.3, -0.25) is 9.48 Å². The molecule has 1 heterocycles. The highest BCUT2D eigenvalue weighted by molar-refractivity contribution is 6.31. The van der Waals surface area contributed by atoms with Crippen LogP contribution in [0.25, 0.3) is 0 Å². The van der Waals surface area contributed by atoms with Crippen molar-refractivity contribution < 1.29 is 9.18 Å². The molecule has 0 fully saturated rings. The molecule has 128 valence electrons. The number of anilines is 1. The van der Waals surface area contributed by atoms with Gasteiger partial charge < -0.3 is 5.32 Å². The Labute approximate surface area is 150 Å². The molecule has 0 atom stereocenters. The highest BCUT2D eigenvalue weighted by Crippen LogP contribution is 2.23. The molecule has 25 heavy (non-hydrogen) atoms. The van der Waals surface area contributed by atoms with Gasteiger partial charge in [0.2, 0.25) is 0 Å². The third-order valence-electron chi connectivity index (χ3n) is 4.02. The predicted molar refractivity (Wildman–Crippen MR) is 96.6 cm³/mol. The van der Waals surface area contributed by atoms with Crippen molar-refractivity contribution >= 4 is 23.2 Å². The Morgan fingerprint density at radius 3 is 2.56 bits per heavy atom. The largest absolute Gasteiger partial charge is 0.319 e. The Kier molecular flexibility index (Phi) is 4.86. The van der Waals surface area contributed by atoms with E-state index in [0.717, 1.165) is 11.3 Å². The zero-order valence-corrected chi connectivity index (χ0v) is 14.6. The maximum Gasteiger partial charge on any atom is 0.258 e. The second-order valence-electron chi connectivity index (χ2n) is 5.73. The fraction of sp³-hybridized carbons (Fsp3) is 0.158. The van der Waals surface area contributed by atoms with Gasteiger partial charge in [0, 0.05) is 5.02 Å². The third-order valence-corrected chi connectivity index (χ3v) is 4.39. The Bertz CT molecular complexity index is 936. The summed E-state index contributed by atoms with van der Waals surface area (Å²) in [4.78, 5) is 12.4. The number of carbonyl (C=O) groups excluding carboxylic acids is 1. The Balaban J connectivity index is 1.86. The molecule has 3 aromatic rings. The first kappa shape index (κ1) is 17.2. The van der Waals surface area contributed by atoms with Crippen LogP contribution in [0.3, 0.4) is 0 Å². The van der Waals surface area contributed by atoms with E-state index in [0.29, 0.717) is 22.9 Å². The van der Waals surface area contributed by atoms with Crippen LogP contribution in [0.4, 0.5) is 10.1 Å². The van der Waals surface area contributed by atoms with Crippen LogP contribution in [0.2, 0.25) is 5.02 Å².